The minimum Gasteiger partial charge on any atom is -0.333 e. The van der Waals surface area contributed by atoms with Gasteiger partial charge in [-0.1, -0.05) is 23.7 Å². The molecule has 152 valence electrons. The van der Waals surface area contributed by atoms with Gasteiger partial charge >= 0.3 is 0 Å². The van der Waals surface area contributed by atoms with Crippen LogP contribution >= 0.6 is 39.1 Å². The number of benzene rings is 1. The Morgan fingerprint density at radius 2 is 2.17 bits per heavy atom. The molecule has 29 heavy (non-hydrogen) atoms. The van der Waals surface area contributed by atoms with E-state index in [9.17, 15) is 4.79 Å². The van der Waals surface area contributed by atoms with Crippen molar-refractivity contribution in [1.82, 2.24) is 19.1 Å². The summed E-state index contributed by atoms with van der Waals surface area (Å²) in [4.78, 5) is 25.2. The van der Waals surface area contributed by atoms with E-state index in [0.717, 1.165) is 34.8 Å². The van der Waals surface area contributed by atoms with Crippen LogP contribution in [0.25, 0.3) is 10.4 Å². The minimum atomic E-state index is -0.177. The predicted octanol–water partition coefficient (Wildman–Crippen LogP) is 4.46. The fraction of sp³-hybridized carbons (Fsp3) is 0.350. The number of amides is 1. The van der Waals surface area contributed by atoms with Crippen LogP contribution in [0.1, 0.15) is 28.3 Å². The first-order chi connectivity index (χ1) is 14.0. The third kappa shape index (κ3) is 4.55. The lowest BCUT2D eigenvalue weighted by molar-refractivity contribution is 0.0727. The van der Waals surface area contributed by atoms with Crippen LogP contribution in [0, 0.1) is 6.92 Å². The molecule has 2 atom stereocenters. The molecule has 0 aliphatic carbocycles. The average Bonchev–Trinajstić information content (AvgIpc) is 3.34. The van der Waals surface area contributed by atoms with Crippen molar-refractivity contribution in [3.05, 3.63) is 52.3 Å². The molecule has 2 aliphatic heterocycles. The van der Waals surface area contributed by atoms with E-state index in [1.807, 2.05) is 52.3 Å². The van der Waals surface area contributed by atoms with Gasteiger partial charge < -0.3 is 4.90 Å². The third-order valence-corrected chi connectivity index (χ3v) is 6.89. The van der Waals surface area contributed by atoms with Gasteiger partial charge in [0.05, 0.1) is 26.0 Å². The molecule has 0 spiro atoms. The van der Waals surface area contributed by atoms with Crippen molar-refractivity contribution >= 4 is 51.2 Å². The Bertz CT molecular complexity index is 945. The summed E-state index contributed by atoms with van der Waals surface area (Å²) >= 11 is 11.0. The Kier molecular flexibility index (Phi) is 6.34. The van der Waals surface area contributed by atoms with Crippen molar-refractivity contribution in [3.8, 4) is 10.4 Å². The quantitative estimate of drug-likeness (QED) is 0.624. The number of thiazole rings is 1. The highest BCUT2D eigenvalue weighted by Gasteiger charge is 2.33. The van der Waals surface area contributed by atoms with Gasteiger partial charge in [-0.25, -0.2) is 4.98 Å². The van der Waals surface area contributed by atoms with Gasteiger partial charge in [0.2, 0.25) is 0 Å². The SMILES string of the molecule is Cc1nc(C(=O)N2CCC[C@H]2CNC2N=CC=CN2Br)c(-c2ccc(Cl)cc2)s1. The molecule has 0 saturated carbocycles. The van der Waals surface area contributed by atoms with Crippen LogP contribution in [0.2, 0.25) is 5.02 Å². The van der Waals surface area contributed by atoms with Crippen LogP contribution in [0.5, 0.6) is 0 Å². The number of likely N-dealkylation sites (tertiary alicyclic amines) is 1. The lowest BCUT2D eigenvalue weighted by Gasteiger charge is -2.29. The summed E-state index contributed by atoms with van der Waals surface area (Å²) in [5, 5.41) is 4.97. The van der Waals surface area contributed by atoms with Gasteiger partial charge in [0.1, 0.15) is 5.69 Å². The fourth-order valence-electron chi connectivity index (χ4n) is 3.60. The Morgan fingerprint density at radius 1 is 1.38 bits per heavy atom. The molecule has 2 aromatic rings. The van der Waals surface area contributed by atoms with E-state index in [1.54, 1.807) is 17.6 Å². The van der Waals surface area contributed by atoms with Gasteiger partial charge in [-0.15, -0.1) is 11.3 Å². The zero-order chi connectivity index (χ0) is 20.4. The number of hydrogen-bond donors (Lipinski definition) is 1. The molecule has 9 heteroatoms. The molecule has 1 aromatic heterocycles. The van der Waals surface area contributed by atoms with E-state index >= 15 is 0 Å². The number of carbonyl (C=O) groups is 1. The largest absolute Gasteiger partial charge is 0.333 e. The van der Waals surface area contributed by atoms with Crippen molar-refractivity contribution in [1.29, 1.82) is 0 Å². The number of halogens is 2. The molecule has 6 nitrogen and oxygen atoms in total. The Labute approximate surface area is 187 Å². The Morgan fingerprint density at radius 3 is 2.93 bits per heavy atom. The average molecular weight is 495 g/mol. The summed E-state index contributed by atoms with van der Waals surface area (Å²) in [6.07, 6.45) is 7.31. The highest BCUT2D eigenvalue weighted by molar-refractivity contribution is 9.07. The van der Waals surface area contributed by atoms with E-state index in [1.165, 1.54) is 0 Å². The normalized spacial score (nSPS) is 21.2. The van der Waals surface area contributed by atoms with Crippen LogP contribution < -0.4 is 5.32 Å². The lowest BCUT2D eigenvalue weighted by Crippen LogP contribution is -2.47. The molecule has 0 bridgehead atoms. The zero-order valence-electron chi connectivity index (χ0n) is 15.9. The molecule has 0 radical (unpaired) electrons. The number of nitrogens with one attached hydrogen (secondary N) is 1. The van der Waals surface area contributed by atoms with Crippen molar-refractivity contribution in [2.45, 2.75) is 32.1 Å². The maximum atomic E-state index is 13.4. The molecule has 1 amide bonds. The molecule has 1 N–H and O–H groups in total. The number of carbonyl (C=O) groups excluding carboxylic acids is 1. The molecule has 4 rings (SSSR count). The topological polar surface area (TPSA) is 60.8 Å². The van der Waals surface area contributed by atoms with Crippen LogP contribution in [-0.4, -0.2) is 51.4 Å². The van der Waals surface area contributed by atoms with Gasteiger partial charge in [0.25, 0.3) is 5.91 Å². The number of hydrogen-bond acceptors (Lipinski definition) is 6. The van der Waals surface area contributed by atoms with Gasteiger partial charge in [-0.2, -0.15) is 0 Å². The summed E-state index contributed by atoms with van der Waals surface area (Å²) in [5.41, 5.74) is 1.50. The second-order valence-corrected chi connectivity index (χ2v) is 9.44. The van der Waals surface area contributed by atoms with Crippen molar-refractivity contribution in [3.63, 3.8) is 0 Å². The van der Waals surface area contributed by atoms with Gasteiger partial charge in [-0.3, -0.25) is 19.0 Å². The molecular formula is C20H21BrClN5OS. The monoisotopic (exact) mass is 493 g/mol. The van der Waals surface area contributed by atoms with Crippen LogP contribution in [-0.2, 0) is 0 Å². The molecule has 2 aliphatic rings. The van der Waals surface area contributed by atoms with Crippen LogP contribution in [0.15, 0.2) is 41.5 Å². The number of allylic oxidation sites excluding steroid dienone is 1. The summed E-state index contributed by atoms with van der Waals surface area (Å²) in [6, 6.07) is 7.68. The van der Waals surface area contributed by atoms with Crippen molar-refractivity contribution in [2.24, 2.45) is 4.99 Å². The van der Waals surface area contributed by atoms with Crippen molar-refractivity contribution in [2.75, 3.05) is 13.1 Å². The number of rotatable bonds is 5. The number of aryl methyl sites for hydroxylation is 1. The molecular weight excluding hydrogens is 474 g/mol. The molecule has 1 fully saturated rings. The van der Waals surface area contributed by atoms with E-state index < -0.39 is 0 Å². The van der Waals surface area contributed by atoms with E-state index in [0.29, 0.717) is 17.3 Å². The van der Waals surface area contributed by atoms with E-state index in [2.05, 4.69) is 31.4 Å². The second kappa shape index (κ2) is 8.95. The summed E-state index contributed by atoms with van der Waals surface area (Å²) in [5.74, 6) is -0.00802. The second-order valence-electron chi connectivity index (χ2n) is 6.98. The van der Waals surface area contributed by atoms with Crippen LogP contribution in [0.4, 0.5) is 0 Å². The van der Waals surface area contributed by atoms with E-state index in [4.69, 9.17) is 11.6 Å². The highest BCUT2D eigenvalue weighted by Crippen LogP contribution is 2.33. The first kappa shape index (κ1) is 20.5. The Balaban J connectivity index is 1.51. The smallest absolute Gasteiger partial charge is 0.274 e. The summed E-state index contributed by atoms with van der Waals surface area (Å²) in [7, 11) is 0. The van der Waals surface area contributed by atoms with Crippen LogP contribution in [0.3, 0.4) is 0 Å². The minimum absolute atomic E-state index is 0.00802. The predicted molar refractivity (Wildman–Crippen MR) is 122 cm³/mol. The maximum Gasteiger partial charge on any atom is 0.274 e. The fourth-order valence-corrected chi connectivity index (χ4v) is 5.03. The first-order valence-electron chi connectivity index (χ1n) is 9.45. The molecule has 1 unspecified atom stereocenters. The molecule has 3 heterocycles. The maximum absolute atomic E-state index is 13.4. The van der Waals surface area contributed by atoms with Gasteiger partial charge in [0, 0.05) is 36.6 Å². The number of aromatic nitrogens is 1. The molecule has 1 aromatic carbocycles. The summed E-state index contributed by atoms with van der Waals surface area (Å²) < 4.78 is 1.83. The van der Waals surface area contributed by atoms with Crippen molar-refractivity contribution < 1.29 is 4.79 Å². The highest BCUT2D eigenvalue weighted by atomic mass is 79.9. The van der Waals surface area contributed by atoms with Gasteiger partial charge in [0.15, 0.2) is 6.29 Å². The number of nitrogens with zero attached hydrogens (tertiary/aromatic N) is 4. The first-order valence-corrected chi connectivity index (χ1v) is 11.3. The number of aliphatic imine (C=N–C) groups is 1. The standard InChI is InChI=1S/C20H21BrClN5OS/c1-13-25-17(18(29-13)14-5-7-15(22)8-6-14)19(28)26-10-2-4-16(26)12-24-20-23-9-3-11-27(20)21/h3,5-9,11,16,20,24H,2,4,10,12H2,1H3/t16-,20?/m0/s1. The summed E-state index contributed by atoms with van der Waals surface area (Å²) in [6.45, 7) is 3.35. The van der Waals surface area contributed by atoms with Gasteiger partial charge in [-0.05, 0) is 43.5 Å². The lowest BCUT2D eigenvalue weighted by atomic mass is 10.1. The Hall–Kier alpha value is -1.74. The third-order valence-electron chi connectivity index (χ3n) is 4.99. The zero-order valence-corrected chi connectivity index (χ0v) is 19.0. The van der Waals surface area contributed by atoms with E-state index in [-0.39, 0.29) is 18.2 Å². The molecule has 1 saturated heterocycles.